The maximum Gasteiger partial charge on any atom is 0.148 e. The quantitative estimate of drug-likeness (QED) is 0.845. The summed E-state index contributed by atoms with van der Waals surface area (Å²) in [6.07, 6.45) is 1.30. The maximum absolute atomic E-state index is 6.07. The van der Waals surface area contributed by atoms with Gasteiger partial charge in [-0.15, -0.1) is 0 Å². The highest BCUT2D eigenvalue weighted by molar-refractivity contribution is 5.65. The molecule has 0 saturated heterocycles. The van der Waals surface area contributed by atoms with E-state index in [1.54, 1.807) is 0 Å². The van der Waals surface area contributed by atoms with Crippen molar-refractivity contribution in [3.8, 4) is 0 Å². The van der Waals surface area contributed by atoms with Gasteiger partial charge >= 0.3 is 0 Å². The van der Waals surface area contributed by atoms with Gasteiger partial charge in [-0.2, -0.15) is 5.10 Å². The van der Waals surface area contributed by atoms with E-state index in [2.05, 4.69) is 38.1 Å². The molecule has 1 atom stereocenters. The lowest BCUT2D eigenvalue weighted by molar-refractivity contribution is 0.529. The molecule has 1 heterocycles. The van der Waals surface area contributed by atoms with Gasteiger partial charge in [-0.25, -0.2) is 4.68 Å². The standard InChI is InChI=1S/C13H24N4/c1-8(2)17-12(11(14)9(3)16-17)15-7-10-6-13(10,4)5/h8,10,15H,6-7,14H2,1-5H3. The van der Waals surface area contributed by atoms with Gasteiger partial charge in [-0.05, 0) is 38.5 Å². The third kappa shape index (κ3) is 2.26. The zero-order chi connectivity index (χ0) is 12.8. The van der Waals surface area contributed by atoms with Crippen molar-refractivity contribution in [2.75, 3.05) is 17.6 Å². The molecule has 2 rings (SSSR count). The fourth-order valence-corrected chi connectivity index (χ4v) is 2.25. The Morgan fingerprint density at radius 1 is 1.53 bits per heavy atom. The molecule has 3 N–H and O–H groups in total. The zero-order valence-electron chi connectivity index (χ0n) is 11.5. The summed E-state index contributed by atoms with van der Waals surface area (Å²) >= 11 is 0. The third-order valence-corrected chi connectivity index (χ3v) is 3.85. The van der Waals surface area contributed by atoms with Crippen LogP contribution >= 0.6 is 0 Å². The molecule has 4 heteroatoms. The van der Waals surface area contributed by atoms with Crippen molar-refractivity contribution in [1.29, 1.82) is 0 Å². The van der Waals surface area contributed by atoms with Crippen LogP contribution in [0.5, 0.6) is 0 Å². The van der Waals surface area contributed by atoms with Crippen molar-refractivity contribution in [2.24, 2.45) is 11.3 Å². The Bertz CT molecular complexity index is 417. The second-order valence-corrected chi connectivity index (χ2v) is 6.16. The summed E-state index contributed by atoms with van der Waals surface area (Å²) < 4.78 is 1.99. The van der Waals surface area contributed by atoms with Gasteiger partial charge in [0.15, 0.2) is 0 Å². The molecule has 0 spiro atoms. The number of nitrogens with one attached hydrogen (secondary N) is 1. The monoisotopic (exact) mass is 236 g/mol. The van der Waals surface area contributed by atoms with Crippen LogP contribution in [-0.2, 0) is 0 Å². The second-order valence-electron chi connectivity index (χ2n) is 6.16. The number of hydrogen-bond acceptors (Lipinski definition) is 3. The van der Waals surface area contributed by atoms with Crippen molar-refractivity contribution in [3.05, 3.63) is 5.69 Å². The predicted octanol–water partition coefficient (Wildman–Crippen LogP) is 2.81. The van der Waals surface area contributed by atoms with Crippen LogP contribution in [0.15, 0.2) is 0 Å². The first kappa shape index (κ1) is 12.3. The predicted molar refractivity (Wildman–Crippen MR) is 72.1 cm³/mol. The van der Waals surface area contributed by atoms with Crippen molar-refractivity contribution >= 4 is 11.5 Å². The molecule has 0 aromatic carbocycles. The Kier molecular flexibility index (Phi) is 2.84. The Labute approximate surface area is 104 Å². The van der Waals surface area contributed by atoms with Crippen LogP contribution in [0.2, 0.25) is 0 Å². The van der Waals surface area contributed by atoms with E-state index in [1.165, 1.54) is 6.42 Å². The summed E-state index contributed by atoms with van der Waals surface area (Å²) in [5.41, 5.74) is 8.27. The SMILES string of the molecule is Cc1nn(C(C)C)c(NCC2CC2(C)C)c1N. The fraction of sp³-hybridized carbons (Fsp3) is 0.769. The number of aromatic nitrogens is 2. The van der Waals surface area contributed by atoms with E-state index in [4.69, 9.17) is 5.73 Å². The summed E-state index contributed by atoms with van der Waals surface area (Å²) in [7, 11) is 0. The average molecular weight is 236 g/mol. The fourth-order valence-electron chi connectivity index (χ4n) is 2.25. The highest BCUT2D eigenvalue weighted by atomic mass is 15.4. The number of rotatable bonds is 4. The van der Waals surface area contributed by atoms with E-state index in [0.29, 0.717) is 11.5 Å². The van der Waals surface area contributed by atoms with Crippen LogP contribution in [-0.4, -0.2) is 16.3 Å². The lowest BCUT2D eigenvalue weighted by Crippen LogP contribution is -2.14. The van der Waals surface area contributed by atoms with E-state index < -0.39 is 0 Å². The lowest BCUT2D eigenvalue weighted by atomic mass is 10.1. The van der Waals surface area contributed by atoms with Crippen molar-refractivity contribution in [2.45, 2.75) is 47.1 Å². The molecule has 4 nitrogen and oxygen atoms in total. The number of nitrogens with two attached hydrogens (primary N) is 1. The van der Waals surface area contributed by atoms with Gasteiger partial charge in [-0.1, -0.05) is 13.8 Å². The highest BCUT2D eigenvalue weighted by Crippen LogP contribution is 2.51. The van der Waals surface area contributed by atoms with Gasteiger partial charge in [-0.3, -0.25) is 0 Å². The van der Waals surface area contributed by atoms with Crippen LogP contribution in [0.3, 0.4) is 0 Å². The van der Waals surface area contributed by atoms with Crippen molar-refractivity contribution in [3.63, 3.8) is 0 Å². The first-order valence-corrected chi connectivity index (χ1v) is 6.41. The van der Waals surface area contributed by atoms with E-state index in [-0.39, 0.29) is 0 Å². The first-order valence-electron chi connectivity index (χ1n) is 6.41. The Balaban J connectivity index is 2.09. The summed E-state index contributed by atoms with van der Waals surface area (Å²) in [4.78, 5) is 0. The minimum Gasteiger partial charge on any atom is -0.394 e. The zero-order valence-corrected chi connectivity index (χ0v) is 11.5. The molecule has 1 aliphatic rings. The molecule has 1 aromatic rings. The Hall–Kier alpha value is -1.19. The third-order valence-electron chi connectivity index (χ3n) is 3.85. The molecule has 0 amide bonds. The molecular weight excluding hydrogens is 212 g/mol. The lowest BCUT2D eigenvalue weighted by Gasteiger charge is -2.13. The van der Waals surface area contributed by atoms with E-state index in [9.17, 15) is 0 Å². The minimum absolute atomic E-state index is 0.334. The summed E-state index contributed by atoms with van der Waals surface area (Å²) in [5, 5.41) is 7.95. The van der Waals surface area contributed by atoms with Crippen LogP contribution in [0.1, 0.15) is 45.9 Å². The molecule has 0 bridgehead atoms. The number of aryl methyl sites for hydroxylation is 1. The molecule has 0 radical (unpaired) electrons. The molecule has 1 saturated carbocycles. The van der Waals surface area contributed by atoms with Crippen LogP contribution < -0.4 is 11.1 Å². The molecule has 96 valence electrons. The van der Waals surface area contributed by atoms with Gasteiger partial charge in [0.1, 0.15) is 5.82 Å². The normalized spacial score (nSPS) is 21.9. The molecule has 1 aromatic heterocycles. The number of anilines is 2. The maximum atomic E-state index is 6.07. The Morgan fingerprint density at radius 2 is 2.12 bits per heavy atom. The topological polar surface area (TPSA) is 55.9 Å². The summed E-state index contributed by atoms with van der Waals surface area (Å²) in [5.74, 6) is 1.75. The highest BCUT2D eigenvalue weighted by Gasteiger charge is 2.45. The van der Waals surface area contributed by atoms with Gasteiger partial charge in [0.25, 0.3) is 0 Å². The van der Waals surface area contributed by atoms with Crippen molar-refractivity contribution in [1.82, 2.24) is 9.78 Å². The molecular formula is C13H24N4. The number of nitrogen functional groups attached to an aromatic ring is 1. The van der Waals surface area contributed by atoms with Gasteiger partial charge in [0.05, 0.1) is 11.4 Å². The number of hydrogen-bond donors (Lipinski definition) is 2. The van der Waals surface area contributed by atoms with Crippen LogP contribution in [0.4, 0.5) is 11.5 Å². The molecule has 0 aliphatic heterocycles. The van der Waals surface area contributed by atoms with Gasteiger partial charge < -0.3 is 11.1 Å². The Morgan fingerprint density at radius 3 is 2.59 bits per heavy atom. The molecule has 1 fully saturated rings. The first-order chi connectivity index (χ1) is 7.83. The van der Waals surface area contributed by atoms with E-state index >= 15 is 0 Å². The molecule has 1 aliphatic carbocycles. The van der Waals surface area contributed by atoms with E-state index in [0.717, 1.165) is 29.7 Å². The molecule has 1 unspecified atom stereocenters. The second kappa shape index (κ2) is 3.93. The summed E-state index contributed by atoms with van der Waals surface area (Å²) in [6.45, 7) is 11.8. The minimum atomic E-state index is 0.334. The average Bonchev–Trinajstić information content (AvgIpc) is 2.72. The van der Waals surface area contributed by atoms with E-state index in [1.807, 2.05) is 11.6 Å². The number of nitrogens with zero attached hydrogens (tertiary/aromatic N) is 2. The summed E-state index contributed by atoms with van der Waals surface area (Å²) in [6, 6.07) is 0.334. The van der Waals surface area contributed by atoms with Crippen molar-refractivity contribution < 1.29 is 0 Å². The van der Waals surface area contributed by atoms with Crippen LogP contribution in [0, 0.1) is 18.3 Å². The van der Waals surface area contributed by atoms with Crippen LogP contribution in [0.25, 0.3) is 0 Å². The molecule has 17 heavy (non-hydrogen) atoms. The van der Waals surface area contributed by atoms with Gasteiger partial charge in [0.2, 0.25) is 0 Å². The van der Waals surface area contributed by atoms with Gasteiger partial charge in [0, 0.05) is 12.6 Å². The largest absolute Gasteiger partial charge is 0.394 e. The smallest absolute Gasteiger partial charge is 0.148 e.